The number of nitrogens with zero attached hydrogens (tertiary/aromatic N) is 2. The minimum Gasteiger partial charge on any atom is -0.320 e. The van der Waals surface area contributed by atoms with Crippen LogP contribution in [0.3, 0.4) is 0 Å². The summed E-state index contributed by atoms with van der Waals surface area (Å²) < 4.78 is 12.8. The zero-order valence-electron chi connectivity index (χ0n) is 11.2. The lowest BCUT2D eigenvalue weighted by Gasteiger charge is -2.32. The van der Waals surface area contributed by atoms with Gasteiger partial charge in [-0.1, -0.05) is 12.2 Å². The van der Waals surface area contributed by atoms with Crippen molar-refractivity contribution in [3.63, 3.8) is 0 Å². The number of carbonyl (C=O) groups is 1. The van der Waals surface area contributed by atoms with Gasteiger partial charge in [0.05, 0.1) is 0 Å². The van der Waals surface area contributed by atoms with Crippen LogP contribution < -0.4 is 10.7 Å². The maximum Gasteiger partial charge on any atom is 0.284 e. The molecule has 1 fully saturated rings. The standard InChI is InChI=1S/C13H17FN4OS/c1-17-6-8-18(9-7-17)16-13(20)12(19)15-11-4-2-10(14)3-5-11/h2-5H,6-9H2,1H3,(H,15,19)(H,16,20). The lowest BCUT2D eigenvalue weighted by molar-refractivity contribution is -0.110. The third-order valence-corrected chi connectivity index (χ3v) is 3.35. The summed E-state index contributed by atoms with van der Waals surface area (Å²) in [5.41, 5.74) is 3.44. The van der Waals surface area contributed by atoms with E-state index in [4.69, 9.17) is 12.2 Å². The number of likely N-dealkylation sites (N-methyl/N-ethyl adjacent to an activating group) is 1. The van der Waals surface area contributed by atoms with E-state index in [1.807, 2.05) is 5.01 Å². The van der Waals surface area contributed by atoms with E-state index in [0.29, 0.717) is 5.69 Å². The second-order valence-corrected chi connectivity index (χ2v) is 5.10. The number of hydrogen-bond acceptors (Lipinski definition) is 4. The number of piperazine rings is 1. The Morgan fingerprint density at radius 2 is 1.80 bits per heavy atom. The van der Waals surface area contributed by atoms with Gasteiger partial charge in [-0.15, -0.1) is 0 Å². The Morgan fingerprint density at radius 3 is 2.40 bits per heavy atom. The molecular formula is C13H17FN4OS. The average Bonchev–Trinajstić information content (AvgIpc) is 2.44. The molecule has 1 aliphatic heterocycles. The van der Waals surface area contributed by atoms with Gasteiger partial charge < -0.3 is 15.6 Å². The molecule has 0 bridgehead atoms. The van der Waals surface area contributed by atoms with Gasteiger partial charge in [-0.05, 0) is 31.3 Å². The Bertz CT molecular complexity index is 486. The van der Waals surface area contributed by atoms with Gasteiger partial charge in [-0.2, -0.15) is 0 Å². The minimum atomic E-state index is -0.398. The number of hydrogen-bond donors (Lipinski definition) is 2. The van der Waals surface area contributed by atoms with E-state index >= 15 is 0 Å². The number of amides is 1. The third-order valence-electron chi connectivity index (χ3n) is 3.07. The zero-order valence-corrected chi connectivity index (χ0v) is 12.0. The smallest absolute Gasteiger partial charge is 0.284 e. The summed E-state index contributed by atoms with van der Waals surface area (Å²) in [4.78, 5) is 14.2. The van der Waals surface area contributed by atoms with Crippen molar-refractivity contribution in [3.05, 3.63) is 30.1 Å². The summed E-state index contributed by atoms with van der Waals surface area (Å²) in [5, 5.41) is 4.54. The van der Waals surface area contributed by atoms with Crippen LogP contribution in [-0.2, 0) is 4.79 Å². The fourth-order valence-electron chi connectivity index (χ4n) is 1.83. The first-order valence-electron chi connectivity index (χ1n) is 6.35. The van der Waals surface area contributed by atoms with Crippen molar-refractivity contribution in [3.8, 4) is 0 Å². The number of halogens is 1. The van der Waals surface area contributed by atoms with E-state index < -0.39 is 5.91 Å². The monoisotopic (exact) mass is 296 g/mol. The summed E-state index contributed by atoms with van der Waals surface area (Å²) >= 11 is 5.06. The van der Waals surface area contributed by atoms with Crippen molar-refractivity contribution in [1.82, 2.24) is 15.3 Å². The molecule has 2 N–H and O–H groups in total. The molecule has 7 heteroatoms. The number of thiocarbonyl (C=S) groups is 1. The fraction of sp³-hybridized carbons (Fsp3) is 0.385. The molecule has 0 atom stereocenters. The van der Waals surface area contributed by atoms with Crippen LogP contribution in [0, 0.1) is 5.82 Å². The second kappa shape index (κ2) is 6.74. The largest absolute Gasteiger partial charge is 0.320 e. The normalized spacial score (nSPS) is 16.7. The molecule has 0 aliphatic carbocycles. The Labute approximate surface area is 122 Å². The highest BCUT2D eigenvalue weighted by Crippen LogP contribution is 2.08. The van der Waals surface area contributed by atoms with Crippen LogP contribution >= 0.6 is 12.2 Å². The summed E-state index contributed by atoms with van der Waals surface area (Å²) in [7, 11) is 2.05. The molecule has 108 valence electrons. The van der Waals surface area contributed by atoms with Crippen molar-refractivity contribution in [2.75, 3.05) is 38.5 Å². The molecule has 1 aromatic carbocycles. The predicted molar refractivity (Wildman–Crippen MR) is 79.8 cm³/mol. The van der Waals surface area contributed by atoms with Crippen LogP contribution in [0.1, 0.15) is 0 Å². The molecular weight excluding hydrogens is 279 g/mol. The van der Waals surface area contributed by atoms with Crippen molar-refractivity contribution < 1.29 is 9.18 Å². The van der Waals surface area contributed by atoms with Crippen molar-refractivity contribution >= 4 is 28.8 Å². The SMILES string of the molecule is CN1CCN(NC(=S)C(=O)Nc2ccc(F)cc2)CC1. The lowest BCUT2D eigenvalue weighted by Crippen LogP contribution is -2.54. The molecule has 0 radical (unpaired) electrons. The zero-order chi connectivity index (χ0) is 14.5. The van der Waals surface area contributed by atoms with Crippen LogP contribution in [-0.4, -0.2) is 54.0 Å². The van der Waals surface area contributed by atoms with Gasteiger partial charge in [0.2, 0.25) is 0 Å². The molecule has 20 heavy (non-hydrogen) atoms. The first-order valence-corrected chi connectivity index (χ1v) is 6.76. The molecule has 0 saturated carbocycles. The van der Waals surface area contributed by atoms with E-state index in [2.05, 4.69) is 22.7 Å². The molecule has 1 amide bonds. The number of anilines is 1. The Kier molecular flexibility index (Phi) is 4.99. The molecule has 1 heterocycles. The number of hydrazine groups is 1. The van der Waals surface area contributed by atoms with Gasteiger partial charge in [0.25, 0.3) is 5.91 Å². The van der Waals surface area contributed by atoms with E-state index in [1.54, 1.807) is 0 Å². The maximum absolute atomic E-state index is 12.8. The van der Waals surface area contributed by atoms with E-state index in [1.165, 1.54) is 24.3 Å². The molecule has 1 saturated heterocycles. The van der Waals surface area contributed by atoms with E-state index in [9.17, 15) is 9.18 Å². The maximum atomic E-state index is 12.8. The van der Waals surface area contributed by atoms with Crippen LogP contribution in [0.4, 0.5) is 10.1 Å². The van der Waals surface area contributed by atoms with Gasteiger partial charge in [0.1, 0.15) is 5.82 Å². The highest BCUT2D eigenvalue weighted by molar-refractivity contribution is 7.82. The van der Waals surface area contributed by atoms with Gasteiger partial charge in [-0.25, -0.2) is 9.40 Å². The fourth-order valence-corrected chi connectivity index (χ4v) is 2.01. The second-order valence-electron chi connectivity index (χ2n) is 4.69. The Hall–Kier alpha value is -1.57. The van der Waals surface area contributed by atoms with Crippen LogP contribution in [0.25, 0.3) is 0 Å². The molecule has 1 aromatic rings. The van der Waals surface area contributed by atoms with Crippen molar-refractivity contribution in [2.45, 2.75) is 0 Å². The number of rotatable bonds is 2. The number of benzene rings is 1. The highest BCUT2D eigenvalue weighted by Gasteiger charge is 2.17. The van der Waals surface area contributed by atoms with Gasteiger partial charge >= 0.3 is 0 Å². The molecule has 5 nitrogen and oxygen atoms in total. The summed E-state index contributed by atoms with van der Waals surface area (Å²) in [6, 6.07) is 5.55. The van der Waals surface area contributed by atoms with Crippen molar-refractivity contribution in [1.29, 1.82) is 0 Å². The number of nitrogens with one attached hydrogen (secondary N) is 2. The van der Waals surface area contributed by atoms with Crippen LogP contribution in [0.5, 0.6) is 0 Å². The summed E-state index contributed by atoms with van der Waals surface area (Å²) in [6.45, 7) is 3.46. The lowest BCUT2D eigenvalue weighted by atomic mass is 10.3. The average molecular weight is 296 g/mol. The molecule has 0 unspecified atom stereocenters. The quantitative estimate of drug-likeness (QED) is 0.792. The van der Waals surface area contributed by atoms with E-state index in [-0.39, 0.29) is 10.8 Å². The minimum absolute atomic E-state index is 0.110. The predicted octanol–water partition coefficient (Wildman–Crippen LogP) is 0.844. The Balaban J connectivity index is 1.83. The molecule has 2 rings (SSSR count). The highest BCUT2D eigenvalue weighted by atomic mass is 32.1. The summed E-state index contributed by atoms with van der Waals surface area (Å²) in [6.07, 6.45) is 0. The van der Waals surface area contributed by atoms with Gasteiger partial charge in [0, 0.05) is 31.9 Å². The first-order chi connectivity index (χ1) is 9.54. The van der Waals surface area contributed by atoms with Gasteiger partial charge in [0.15, 0.2) is 4.99 Å². The summed E-state index contributed by atoms with van der Waals surface area (Å²) in [5.74, 6) is -0.744. The van der Waals surface area contributed by atoms with Gasteiger partial charge in [-0.3, -0.25) is 4.79 Å². The third kappa shape index (κ3) is 4.22. The van der Waals surface area contributed by atoms with Crippen LogP contribution in [0.2, 0.25) is 0 Å². The molecule has 1 aliphatic rings. The topological polar surface area (TPSA) is 47.6 Å². The Morgan fingerprint density at radius 1 is 1.20 bits per heavy atom. The molecule has 0 spiro atoms. The number of carbonyl (C=O) groups excluding carboxylic acids is 1. The molecule has 0 aromatic heterocycles. The first kappa shape index (κ1) is 14.8. The van der Waals surface area contributed by atoms with Crippen molar-refractivity contribution in [2.24, 2.45) is 0 Å². The van der Waals surface area contributed by atoms with E-state index in [0.717, 1.165) is 26.2 Å². The van der Waals surface area contributed by atoms with Crippen LogP contribution in [0.15, 0.2) is 24.3 Å².